The summed E-state index contributed by atoms with van der Waals surface area (Å²) in [7, 11) is 0. The molecule has 3 aromatic rings. The van der Waals surface area contributed by atoms with Gasteiger partial charge in [0.1, 0.15) is 12.4 Å². The molecule has 1 saturated carbocycles. The van der Waals surface area contributed by atoms with Crippen molar-refractivity contribution in [3.8, 4) is 0 Å². The molecule has 1 aliphatic rings. The summed E-state index contributed by atoms with van der Waals surface area (Å²) >= 11 is 0. The van der Waals surface area contributed by atoms with Crippen molar-refractivity contribution >= 4 is 17.6 Å². The van der Waals surface area contributed by atoms with E-state index in [1.165, 1.54) is 18.6 Å². The molecule has 6 nitrogen and oxygen atoms in total. The molecule has 0 bridgehead atoms. The predicted molar refractivity (Wildman–Crippen MR) is 154 cm³/mol. The van der Waals surface area contributed by atoms with Gasteiger partial charge in [-0.2, -0.15) is 0 Å². The van der Waals surface area contributed by atoms with Crippen LogP contribution in [-0.4, -0.2) is 45.4 Å². The van der Waals surface area contributed by atoms with E-state index in [-0.39, 0.29) is 30.3 Å². The van der Waals surface area contributed by atoms with Crippen molar-refractivity contribution in [2.24, 2.45) is 0 Å². The zero-order chi connectivity index (χ0) is 27.6. The second kappa shape index (κ2) is 14.0. The Morgan fingerprint density at radius 1 is 1.00 bits per heavy atom. The van der Waals surface area contributed by atoms with Gasteiger partial charge in [0.2, 0.25) is 5.91 Å². The number of carbonyl (C=O) groups excluding carboxylic acids is 2. The Bertz CT molecular complexity index is 1220. The van der Waals surface area contributed by atoms with Crippen molar-refractivity contribution in [1.29, 1.82) is 0 Å². The van der Waals surface area contributed by atoms with E-state index < -0.39 is 0 Å². The van der Waals surface area contributed by atoms with Crippen molar-refractivity contribution in [2.75, 3.05) is 18.4 Å². The Hall–Kier alpha value is -3.61. The van der Waals surface area contributed by atoms with Crippen LogP contribution in [0.2, 0.25) is 0 Å². The van der Waals surface area contributed by atoms with Crippen LogP contribution in [0.15, 0.2) is 66.9 Å². The Morgan fingerprint density at radius 2 is 1.74 bits per heavy atom. The highest BCUT2D eigenvalue weighted by Gasteiger charge is 2.29. The number of carbonyl (C=O) groups is 2. The number of amides is 3. The summed E-state index contributed by atoms with van der Waals surface area (Å²) in [6.07, 6.45) is 9.15. The summed E-state index contributed by atoms with van der Waals surface area (Å²) in [5.41, 5.74) is 3.78. The van der Waals surface area contributed by atoms with Crippen LogP contribution in [-0.2, 0) is 17.9 Å². The van der Waals surface area contributed by atoms with E-state index in [1.807, 2.05) is 54.4 Å². The summed E-state index contributed by atoms with van der Waals surface area (Å²) in [5, 5.41) is 3.01. The number of nitrogens with zero attached hydrogens (tertiary/aromatic N) is 3. The standard InChI is InChI=1S/C32H41FN4O2/c1-3-4-20-36(32(39)34-30-15-9-8-11-25(30)2)24-31(38)37(28-12-6-5-7-13-28)23-29-14-10-21-35(29)22-26-16-18-27(33)19-17-26/h8-11,14-19,21,28H,3-7,12-13,20,22-24H2,1-2H3,(H,34,39). The molecule has 4 rings (SSSR count). The highest BCUT2D eigenvalue weighted by atomic mass is 19.1. The van der Waals surface area contributed by atoms with Crippen LogP contribution in [0.3, 0.4) is 0 Å². The molecule has 1 heterocycles. The van der Waals surface area contributed by atoms with Gasteiger partial charge in [0, 0.05) is 36.7 Å². The smallest absolute Gasteiger partial charge is 0.322 e. The normalized spacial score (nSPS) is 13.7. The van der Waals surface area contributed by atoms with E-state index in [9.17, 15) is 14.0 Å². The van der Waals surface area contributed by atoms with E-state index in [0.717, 1.165) is 61.0 Å². The molecule has 1 aromatic heterocycles. The minimum Gasteiger partial charge on any atom is -0.345 e. The van der Waals surface area contributed by atoms with Crippen LogP contribution in [0, 0.1) is 12.7 Å². The summed E-state index contributed by atoms with van der Waals surface area (Å²) in [6, 6.07) is 18.2. The molecule has 0 unspecified atom stereocenters. The van der Waals surface area contributed by atoms with Gasteiger partial charge in [-0.3, -0.25) is 4.79 Å². The van der Waals surface area contributed by atoms with Gasteiger partial charge in [0.25, 0.3) is 0 Å². The number of hydrogen-bond acceptors (Lipinski definition) is 2. The number of nitrogens with one attached hydrogen (secondary N) is 1. The second-order valence-electron chi connectivity index (χ2n) is 10.6. The van der Waals surface area contributed by atoms with Gasteiger partial charge in [-0.05, 0) is 67.6 Å². The largest absolute Gasteiger partial charge is 0.345 e. The second-order valence-corrected chi connectivity index (χ2v) is 10.6. The molecule has 0 spiro atoms. The van der Waals surface area contributed by atoms with E-state index >= 15 is 0 Å². The quantitative estimate of drug-likeness (QED) is 0.290. The highest BCUT2D eigenvalue weighted by Crippen LogP contribution is 2.25. The molecule has 0 atom stereocenters. The average Bonchev–Trinajstić information content (AvgIpc) is 3.38. The Balaban J connectivity index is 1.51. The van der Waals surface area contributed by atoms with Crippen LogP contribution in [0.4, 0.5) is 14.9 Å². The molecule has 0 saturated heterocycles. The van der Waals surface area contributed by atoms with Crippen LogP contribution in [0.25, 0.3) is 0 Å². The molecule has 0 aliphatic heterocycles. The molecule has 208 valence electrons. The summed E-state index contributed by atoms with van der Waals surface area (Å²) in [5.74, 6) is -0.271. The molecule has 1 aliphatic carbocycles. The lowest BCUT2D eigenvalue weighted by Crippen LogP contribution is -2.48. The number of halogens is 1. The van der Waals surface area contributed by atoms with Crippen molar-refractivity contribution in [2.45, 2.75) is 77.9 Å². The van der Waals surface area contributed by atoms with Gasteiger partial charge >= 0.3 is 6.03 Å². The first kappa shape index (κ1) is 28.4. The fourth-order valence-electron chi connectivity index (χ4n) is 5.28. The van der Waals surface area contributed by atoms with Crippen molar-refractivity contribution in [1.82, 2.24) is 14.4 Å². The number of hydrogen-bond donors (Lipinski definition) is 1. The number of rotatable bonds is 11. The van der Waals surface area contributed by atoms with Gasteiger partial charge in [-0.1, -0.05) is 62.9 Å². The maximum absolute atomic E-state index is 13.9. The maximum Gasteiger partial charge on any atom is 0.322 e. The summed E-state index contributed by atoms with van der Waals surface area (Å²) < 4.78 is 15.5. The third-order valence-corrected chi connectivity index (χ3v) is 7.64. The van der Waals surface area contributed by atoms with Crippen LogP contribution in [0.5, 0.6) is 0 Å². The molecule has 2 aromatic carbocycles. The van der Waals surface area contributed by atoms with E-state index in [1.54, 1.807) is 17.0 Å². The molecular formula is C32H41FN4O2. The van der Waals surface area contributed by atoms with E-state index in [2.05, 4.69) is 16.8 Å². The molecule has 1 fully saturated rings. The SMILES string of the molecule is CCCCN(CC(=O)N(Cc1cccn1Cc1ccc(F)cc1)C1CCCCC1)C(=O)Nc1ccccc1C. The van der Waals surface area contributed by atoms with Crippen molar-refractivity contribution in [3.63, 3.8) is 0 Å². The van der Waals surface area contributed by atoms with Gasteiger partial charge in [-0.15, -0.1) is 0 Å². The third kappa shape index (κ3) is 7.94. The lowest BCUT2D eigenvalue weighted by molar-refractivity contribution is -0.135. The fraction of sp³-hybridized carbons (Fsp3) is 0.438. The Labute approximate surface area is 231 Å². The number of benzene rings is 2. The number of aryl methyl sites for hydroxylation is 1. The molecule has 39 heavy (non-hydrogen) atoms. The zero-order valence-corrected chi connectivity index (χ0v) is 23.2. The monoisotopic (exact) mass is 532 g/mol. The average molecular weight is 533 g/mol. The molecule has 3 amide bonds. The third-order valence-electron chi connectivity index (χ3n) is 7.64. The van der Waals surface area contributed by atoms with Crippen LogP contribution >= 0.6 is 0 Å². The Kier molecular flexibility index (Phi) is 10.2. The molecular weight excluding hydrogens is 491 g/mol. The maximum atomic E-state index is 13.9. The molecule has 1 N–H and O–H groups in total. The van der Waals surface area contributed by atoms with Crippen molar-refractivity contribution < 1.29 is 14.0 Å². The summed E-state index contributed by atoms with van der Waals surface area (Å²) in [6.45, 7) is 5.72. The van der Waals surface area contributed by atoms with Gasteiger partial charge in [0.15, 0.2) is 0 Å². The Morgan fingerprint density at radius 3 is 2.46 bits per heavy atom. The first-order valence-electron chi connectivity index (χ1n) is 14.2. The van der Waals surface area contributed by atoms with Gasteiger partial charge in [0.05, 0.1) is 6.54 Å². The molecule has 7 heteroatoms. The van der Waals surface area contributed by atoms with Crippen LogP contribution < -0.4 is 5.32 Å². The predicted octanol–water partition coefficient (Wildman–Crippen LogP) is 6.98. The lowest BCUT2D eigenvalue weighted by Gasteiger charge is -2.36. The first-order chi connectivity index (χ1) is 18.9. The van der Waals surface area contributed by atoms with Gasteiger partial charge in [-0.25, -0.2) is 9.18 Å². The highest BCUT2D eigenvalue weighted by molar-refractivity contribution is 5.93. The molecule has 0 radical (unpaired) electrons. The first-order valence-corrected chi connectivity index (χ1v) is 14.2. The van der Waals surface area contributed by atoms with Crippen molar-refractivity contribution in [3.05, 3.63) is 89.5 Å². The van der Waals surface area contributed by atoms with Gasteiger partial charge < -0.3 is 19.7 Å². The number of aromatic nitrogens is 1. The fourth-order valence-corrected chi connectivity index (χ4v) is 5.28. The summed E-state index contributed by atoms with van der Waals surface area (Å²) in [4.78, 5) is 30.9. The zero-order valence-electron chi connectivity index (χ0n) is 23.2. The lowest BCUT2D eigenvalue weighted by atomic mass is 9.94. The number of unbranched alkanes of at least 4 members (excludes halogenated alkanes) is 1. The minimum atomic E-state index is -0.250. The van der Waals surface area contributed by atoms with E-state index in [0.29, 0.717) is 19.6 Å². The number of para-hydroxylation sites is 1. The topological polar surface area (TPSA) is 57.6 Å². The number of urea groups is 1. The minimum absolute atomic E-state index is 0.0209. The number of anilines is 1. The van der Waals surface area contributed by atoms with Crippen LogP contribution in [0.1, 0.15) is 68.7 Å². The van der Waals surface area contributed by atoms with E-state index in [4.69, 9.17) is 0 Å².